The lowest BCUT2D eigenvalue weighted by molar-refractivity contribution is -0.385. The van der Waals surface area contributed by atoms with E-state index in [0.29, 0.717) is 5.69 Å². The number of hydrogen-bond donors (Lipinski definition) is 1. The van der Waals surface area contributed by atoms with Crippen LogP contribution in [-0.4, -0.2) is 24.1 Å². The molecule has 5 nitrogen and oxygen atoms in total. The molecule has 0 heterocycles. The fourth-order valence-corrected chi connectivity index (χ4v) is 1.03. The highest BCUT2D eigenvalue weighted by Crippen LogP contribution is 2.34. The summed E-state index contributed by atoms with van der Waals surface area (Å²) in [7, 11) is 3.41. The summed E-state index contributed by atoms with van der Waals surface area (Å²) in [6.07, 6.45) is 0. The fraction of sp³-hybridized carbons (Fsp3) is 0.250. The molecule has 1 rings (SSSR count). The van der Waals surface area contributed by atoms with Gasteiger partial charge >= 0.3 is 5.69 Å². The summed E-state index contributed by atoms with van der Waals surface area (Å²) < 4.78 is 0. The number of nitro benzene ring substituents is 1. The summed E-state index contributed by atoms with van der Waals surface area (Å²) in [5, 5.41) is 19.9. The predicted octanol–water partition coefficient (Wildman–Crippen LogP) is 1.37. The Morgan fingerprint density at radius 3 is 2.54 bits per heavy atom. The number of phenolic OH excluding ortho intramolecular Hbond substituents is 1. The van der Waals surface area contributed by atoms with Crippen molar-refractivity contribution in [3.8, 4) is 5.75 Å². The summed E-state index contributed by atoms with van der Waals surface area (Å²) in [5.41, 5.74) is 0.167. The van der Waals surface area contributed by atoms with E-state index in [1.54, 1.807) is 25.1 Å². The first-order valence-electron chi connectivity index (χ1n) is 3.67. The topological polar surface area (TPSA) is 66.6 Å². The molecule has 0 amide bonds. The molecule has 1 aromatic rings. The lowest BCUT2D eigenvalue weighted by Gasteiger charge is -2.13. The Bertz CT molecular complexity index is 336. The van der Waals surface area contributed by atoms with Gasteiger partial charge in [0.2, 0.25) is 5.75 Å². The first-order valence-corrected chi connectivity index (χ1v) is 3.67. The monoisotopic (exact) mass is 182 g/mol. The van der Waals surface area contributed by atoms with Gasteiger partial charge in [-0.3, -0.25) is 10.1 Å². The van der Waals surface area contributed by atoms with Crippen LogP contribution in [-0.2, 0) is 0 Å². The predicted molar refractivity (Wildman–Crippen MR) is 49.1 cm³/mol. The minimum atomic E-state index is -0.609. The van der Waals surface area contributed by atoms with Crippen LogP contribution in [0, 0.1) is 10.1 Å². The zero-order chi connectivity index (χ0) is 10.0. The largest absolute Gasteiger partial charge is 0.501 e. The molecule has 0 aromatic heterocycles. The third kappa shape index (κ3) is 1.69. The molecule has 0 aliphatic heterocycles. The van der Waals surface area contributed by atoms with E-state index in [1.807, 2.05) is 0 Å². The van der Waals surface area contributed by atoms with Crippen molar-refractivity contribution in [3.63, 3.8) is 0 Å². The van der Waals surface area contributed by atoms with Crippen molar-refractivity contribution in [2.75, 3.05) is 19.0 Å². The van der Waals surface area contributed by atoms with Gasteiger partial charge in [0, 0.05) is 20.2 Å². The summed E-state index contributed by atoms with van der Waals surface area (Å²) in [4.78, 5) is 11.4. The number of nitrogens with zero attached hydrogens (tertiary/aromatic N) is 2. The number of phenols is 1. The van der Waals surface area contributed by atoms with Gasteiger partial charge in [-0.05, 0) is 6.07 Å². The molecule has 13 heavy (non-hydrogen) atoms. The molecule has 0 atom stereocenters. The van der Waals surface area contributed by atoms with Crippen LogP contribution in [0.25, 0.3) is 0 Å². The fourth-order valence-electron chi connectivity index (χ4n) is 1.03. The van der Waals surface area contributed by atoms with Gasteiger partial charge < -0.3 is 10.0 Å². The van der Waals surface area contributed by atoms with Crippen molar-refractivity contribution in [2.45, 2.75) is 0 Å². The summed E-state index contributed by atoms with van der Waals surface area (Å²) in [6.45, 7) is 0. The Morgan fingerprint density at radius 1 is 1.46 bits per heavy atom. The Hall–Kier alpha value is -1.78. The van der Waals surface area contributed by atoms with Crippen molar-refractivity contribution in [2.24, 2.45) is 0 Å². The van der Waals surface area contributed by atoms with Gasteiger partial charge in [-0.25, -0.2) is 0 Å². The standard InChI is InChI=1S/C8H10N2O3/c1-9(2)6-4-3-5-7(8(6)11)10(12)13/h3-5,11H,1-2H3. The van der Waals surface area contributed by atoms with Gasteiger partial charge in [-0.2, -0.15) is 0 Å². The minimum absolute atomic E-state index is 0.272. The molecule has 0 bridgehead atoms. The minimum Gasteiger partial charge on any atom is -0.501 e. The number of hydrogen-bond acceptors (Lipinski definition) is 4. The highest BCUT2D eigenvalue weighted by atomic mass is 16.6. The number of rotatable bonds is 2. The van der Waals surface area contributed by atoms with E-state index < -0.39 is 4.92 Å². The van der Waals surface area contributed by atoms with Crippen LogP contribution < -0.4 is 4.90 Å². The van der Waals surface area contributed by atoms with E-state index >= 15 is 0 Å². The molecule has 0 saturated heterocycles. The highest BCUT2D eigenvalue weighted by molar-refractivity contribution is 5.65. The second-order valence-corrected chi connectivity index (χ2v) is 2.80. The first kappa shape index (κ1) is 9.31. The van der Waals surface area contributed by atoms with E-state index in [1.165, 1.54) is 12.1 Å². The molecule has 70 valence electrons. The van der Waals surface area contributed by atoms with E-state index in [9.17, 15) is 15.2 Å². The van der Waals surface area contributed by atoms with Gasteiger partial charge in [-0.1, -0.05) is 6.07 Å². The van der Waals surface area contributed by atoms with E-state index in [0.717, 1.165) is 0 Å². The van der Waals surface area contributed by atoms with Crippen molar-refractivity contribution >= 4 is 11.4 Å². The van der Waals surface area contributed by atoms with Crippen molar-refractivity contribution in [1.29, 1.82) is 0 Å². The van der Waals surface area contributed by atoms with E-state index in [-0.39, 0.29) is 11.4 Å². The normalized spacial score (nSPS) is 9.69. The number of anilines is 1. The van der Waals surface area contributed by atoms with E-state index in [2.05, 4.69) is 0 Å². The Kier molecular flexibility index (Phi) is 2.36. The van der Waals surface area contributed by atoms with Crippen molar-refractivity contribution in [1.82, 2.24) is 0 Å². The Labute approximate surface area is 75.4 Å². The first-order chi connectivity index (χ1) is 6.04. The maximum Gasteiger partial charge on any atom is 0.312 e. The van der Waals surface area contributed by atoms with Crippen molar-refractivity contribution < 1.29 is 10.0 Å². The number of nitro groups is 1. The smallest absolute Gasteiger partial charge is 0.312 e. The quantitative estimate of drug-likeness (QED) is 0.554. The average Bonchev–Trinajstić information content (AvgIpc) is 2.03. The second-order valence-electron chi connectivity index (χ2n) is 2.80. The van der Waals surface area contributed by atoms with E-state index in [4.69, 9.17) is 0 Å². The van der Waals surface area contributed by atoms with Crippen LogP contribution in [0.3, 0.4) is 0 Å². The lowest BCUT2D eigenvalue weighted by atomic mass is 10.2. The van der Waals surface area contributed by atoms with Gasteiger partial charge in [0.25, 0.3) is 0 Å². The summed E-state index contributed by atoms with van der Waals surface area (Å²) in [5.74, 6) is -0.294. The Balaban J connectivity index is 3.26. The van der Waals surface area contributed by atoms with Gasteiger partial charge in [0.1, 0.15) is 0 Å². The maximum absolute atomic E-state index is 10.4. The zero-order valence-electron chi connectivity index (χ0n) is 7.39. The second kappa shape index (κ2) is 3.30. The molecule has 5 heteroatoms. The average molecular weight is 182 g/mol. The molecule has 0 spiro atoms. The molecule has 0 fully saturated rings. The molecule has 0 radical (unpaired) electrons. The molecular formula is C8H10N2O3. The lowest BCUT2D eigenvalue weighted by Crippen LogP contribution is -2.09. The highest BCUT2D eigenvalue weighted by Gasteiger charge is 2.16. The summed E-state index contributed by atoms with van der Waals surface area (Å²) in [6, 6.07) is 4.41. The molecule has 0 aliphatic rings. The van der Waals surface area contributed by atoms with Gasteiger partial charge in [0.15, 0.2) is 0 Å². The van der Waals surface area contributed by atoms with Crippen LogP contribution in [0.4, 0.5) is 11.4 Å². The van der Waals surface area contributed by atoms with Crippen LogP contribution in [0.2, 0.25) is 0 Å². The third-order valence-corrected chi connectivity index (χ3v) is 1.67. The SMILES string of the molecule is CN(C)c1cccc([N+](=O)[O-])c1O. The summed E-state index contributed by atoms with van der Waals surface area (Å²) >= 11 is 0. The molecule has 0 saturated carbocycles. The van der Waals surface area contributed by atoms with Crippen molar-refractivity contribution in [3.05, 3.63) is 28.3 Å². The number of aromatic hydroxyl groups is 1. The number of para-hydroxylation sites is 1. The molecule has 0 aliphatic carbocycles. The molecular weight excluding hydrogens is 172 g/mol. The van der Waals surface area contributed by atoms with Crippen LogP contribution in [0.1, 0.15) is 0 Å². The van der Waals surface area contributed by atoms with Gasteiger partial charge in [-0.15, -0.1) is 0 Å². The third-order valence-electron chi connectivity index (χ3n) is 1.67. The van der Waals surface area contributed by atoms with Crippen LogP contribution in [0.15, 0.2) is 18.2 Å². The molecule has 0 unspecified atom stereocenters. The zero-order valence-corrected chi connectivity index (χ0v) is 7.39. The van der Waals surface area contributed by atoms with Crippen LogP contribution in [0.5, 0.6) is 5.75 Å². The molecule has 1 N–H and O–H groups in total. The van der Waals surface area contributed by atoms with Gasteiger partial charge in [0.05, 0.1) is 10.6 Å². The van der Waals surface area contributed by atoms with Crippen LogP contribution >= 0.6 is 0 Å². The Morgan fingerprint density at radius 2 is 2.08 bits per heavy atom. The molecule has 1 aromatic carbocycles. The number of benzene rings is 1. The maximum atomic E-state index is 10.4.